The zero-order valence-electron chi connectivity index (χ0n) is 8.28. The van der Waals surface area contributed by atoms with Crippen molar-refractivity contribution in [2.75, 3.05) is 0 Å². The van der Waals surface area contributed by atoms with Gasteiger partial charge in [0.25, 0.3) is 0 Å². The summed E-state index contributed by atoms with van der Waals surface area (Å²) < 4.78 is 4.17. The van der Waals surface area contributed by atoms with Crippen molar-refractivity contribution in [1.82, 2.24) is 9.55 Å². The smallest absolute Gasteiger partial charge is 0.220 e. The van der Waals surface area contributed by atoms with Gasteiger partial charge in [0.05, 0.1) is 6.20 Å². The van der Waals surface area contributed by atoms with Gasteiger partial charge in [-0.2, -0.15) is 13.9 Å². The number of carbonyl (C=O) groups is 1. The fourth-order valence-corrected chi connectivity index (χ4v) is 2.30. The molecule has 0 aliphatic rings. The highest BCUT2D eigenvalue weighted by Crippen LogP contribution is 2.17. The second-order valence-corrected chi connectivity index (χ2v) is 4.29. The molecule has 0 aromatic carbocycles. The molecule has 0 unspecified atom stereocenters. The summed E-state index contributed by atoms with van der Waals surface area (Å²) in [7, 11) is 0. The molecule has 0 aliphatic heterocycles. The Morgan fingerprint density at radius 3 is 3.19 bits per heavy atom. The molecule has 78 valence electrons. The molecule has 16 heavy (non-hydrogen) atoms. The van der Waals surface area contributed by atoms with E-state index in [1.807, 2.05) is 23.7 Å². The lowest BCUT2D eigenvalue weighted by Gasteiger charge is -1.95. The molecule has 0 bridgehead atoms. The Labute approximate surface area is 95.4 Å². The van der Waals surface area contributed by atoms with Crippen LogP contribution in [0.5, 0.6) is 0 Å². The minimum atomic E-state index is -0.134. The second-order valence-electron chi connectivity index (χ2n) is 3.34. The number of thiophene rings is 1. The van der Waals surface area contributed by atoms with Crippen LogP contribution in [0.3, 0.4) is 0 Å². The first-order chi connectivity index (χ1) is 7.84. The number of imidazole rings is 1. The molecule has 0 saturated carbocycles. The first kappa shape index (κ1) is 9.23. The van der Waals surface area contributed by atoms with Crippen LogP contribution >= 0.6 is 11.3 Å². The van der Waals surface area contributed by atoms with Crippen molar-refractivity contribution in [2.45, 2.75) is 0 Å². The van der Waals surface area contributed by atoms with E-state index in [1.165, 1.54) is 15.6 Å². The van der Waals surface area contributed by atoms with Gasteiger partial charge >= 0.3 is 6.03 Å². The lowest BCUT2D eigenvalue weighted by molar-refractivity contribution is -0.570. The summed E-state index contributed by atoms with van der Waals surface area (Å²) in [5, 5.41) is 3.08. The number of hydrogen-bond acceptors (Lipinski definition) is 3. The molecular formula is C11H8N3OS+. The monoisotopic (exact) mass is 230 g/mol. The van der Waals surface area contributed by atoms with Gasteiger partial charge in [-0.1, -0.05) is 0 Å². The molecule has 0 amide bonds. The normalized spacial score (nSPS) is 10.8. The zero-order valence-corrected chi connectivity index (χ0v) is 9.09. The van der Waals surface area contributed by atoms with Gasteiger partial charge in [-0.25, -0.2) is 4.98 Å². The van der Waals surface area contributed by atoms with E-state index in [4.69, 9.17) is 0 Å². The number of pyridine rings is 1. The molecule has 5 heteroatoms. The van der Waals surface area contributed by atoms with Gasteiger partial charge in [-0.15, -0.1) is 11.3 Å². The van der Waals surface area contributed by atoms with E-state index in [0.29, 0.717) is 0 Å². The highest BCUT2D eigenvalue weighted by Gasteiger charge is 2.16. The number of nitrogens with zero attached hydrogens (tertiary/aromatic N) is 3. The number of fused-ring (bicyclic) bond motifs is 1. The highest BCUT2D eigenvalue weighted by atomic mass is 32.1. The molecule has 3 aromatic heterocycles. The molecule has 3 rings (SSSR count). The maximum atomic E-state index is 12.0. The first-order valence-electron chi connectivity index (χ1n) is 4.76. The fourth-order valence-electron chi connectivity index (χ4n) is 1.54. The fraction of sp³-hybridized carbons (Fsp3) is 0. The summed E-state index contributed by atoms with van der Waals surface area (Å²) in [5.74, 6) is 0. The van der Waals surface area contributed by atoms with Crippen LogP contribution in [0.2, 0.25) is 0 Å². The number of rotatable bonds is 0. The summed E-state index contributed by atoms with van der Waals surface area (Å²) in [6.45, 7) is 0. The van der Waals surface area contributed by atoms with E-state index in [0.717, 1.165) is 5.39 Å². The molecule has 0 atom stereocenters. The van der Waals surface area contributed by atoms with E-state index in [9.17, 15) is 4.79 Å². The Bertz CT molecular complexity index is 642. The summed E-state index contributed by atoms with van der Waals surface area (Å²) in [4.78, 5) is 15.8. The predicted molar refractivity (Wildman–Crippen MR) is 60.4 cm³/mol. The van der Waals surface area contributed by atoms with Gasteiger partial charge in [0.15, 0.2) is 6.33 Å². The van der Waals surface area contributed by atoms with Crippen molar-refractivity contribution in [3.63, 3.8) is 0 Å². The minimum absolute atomic E-state index is 0.134. The SMILES string of the molecule is O=C(n1ccnc1)[n+]1ccc2sccc2c1. The average molecular weight is 230 g/mol. The summed E-state index contributed by atoms with van der Waals surface area (Å²) in [6.07, 6.45) is 8.30. The molecule has 0 saturated heterocycles. The standard InChI is InChI=1S/C11H8N3OS/c15-11(14-5-3-12-8-14)13-4-1-10-9(7-13)2-6-16-10/h1-8H/q+1. The number of carbonyl (C=O) groups excluding carboxylic acids is 1. The second kappa shape index (κ2) is 3.53. The Morgan fingerprint density at radius 2 is 2.38 bits per heavy atom. The van der Waals surface area contributed by atoms with Crippen LogP contribution in [0.4, 0.5) is 4.79 Å². The number of hydrogen-bond donors (Lipinski definition) is 0. The Kier molecular flexibility index (Phi) is 2.04. The Morgan fingerprint density at radius 1 is 1.44 bits per heavy atom. The molecule has 0 N–H and O–H groups in total. The van der Waals surface area contributed by atoms with Crippen LogP contribution in [-0.4, -0.2) is 15.6 Å². The van der Waals surface area contributed by atoms with Gasteiger partial charge in [0.1, 0.15) is 18.6 Å². The van der Waals surface area contributed by atoms with Crippen LogP contribution in [0, 0.1) is 0 Å². The summed E-state index contributed by atoms with van der Waals surface area (Å²) in [5.41, 5.74) is 0. The maximum Gasteiger partial charge on any atom is 0.508 e. The predicted octanol–water partition coefficient (Wildman–Crippen LogP) is 1.90. The van der Waals surface area contributed by atoms with Crippen molar-refractivity contribution in [3.8, 4) is 0 Å². The van der Waals surface area contributed by atoms with Gasteiger partial charge in [0, 0.05) is 10.1 Å². The van der Waals surface area contributed by atoms with Crippen LogP contribution in [0.15, 0.2) is 48.6 Å². The average Bonchev–Trinajstić information content (AvgIpc) is 2.98. The largest absolute Gasteiger partial charge is 0.508 e. The molecule has 0 radical (unpaired) electrons. The zero-order chi connectivity index (χ0) is 11.0. The summed E-state index contributed by atoms with van der Waals surface area (Å²) >= 11 is 1.66. The van der Waals surface area contributed by atoms with Crippen LogP contribution < -0.4 is 4.57 Å². The van der Waals surface area contributed by atoms with E-state index < -0.39 is 0 Å². The van der Waals surface area contributed by atoms with Crippen molar-refractivity contribution < 1.29 is 9.36 Å². The lowest BCUT2D eigenvalue weighted by Crippen LogP contribution is -2.44. The molecule has 3 aromatic rings. The van der Waals surface area contributed by atoms with E-state index in [-0.39, 0.29) is 6.03 Å². The minimum Gasteiger partial charge on any atom is -0.220 e. The third-order valence-corrected chi connectivity index (χ3v) is 3.24. The van der Waals surface area contributed by atoms with Gasteiger partial charge in [-0.3, -0.25) is 0 Å². The van der Waals surface area contributed by atoms with E-state index >= 15 is 0 Å². The molecular weight excluding hydrogens is 222 g/mol. The van der Waals surface area contributed by atoms with Crippen molar-refractivity contribution in [3.05, 3.63) is 48.6 Å². The number of aromatic nitrogens is 3. The lowest BCUT2D eigenvalue weighted by atomic mass is 10.3. The van der Waals surface area contributed by atoms with Crippen LogP contribution in [0.1, 0.15) is 0 Å². The first-order valence-corrected chi connectivity index (χ1v) is 5.64. The quantitative estimate of drug-likeness (QED) is 0.553. The van der Waals surface area contributed by atoms with Crippen molar-refractivity contribution >= 4 is 27.5 Å². The van der Waals surface area contributed by atoms with Gasteiger partial charge < -0.3 is 0 Å². The molecule has 0 aliphatic carbocycles. The van der Waals surface area contributed by atoms with Gasteiger partial charge in [0.2, 0.25) is 0 Å². The molecule has 0 spiro atoms. The Hall–Kier alpha value is -2.01. The van der Waals surface area contributed by atoms with Crippen LogP contribution in [-0.2, 0) is 0 Å². The third-order valence-electron chi connectivity index (χ3n) is 2.34. The maximum absolute atomic E-state index is 12.0. The van der Waals surface area contributed by atoms with Crippen molar-refractivity contribution in [2.24, 2.45) is 0 Å². The van der Waals surface area contributed by atoms with E-state index in [2.05, 4.69) is 4.98 Å². The Balaban J connectivity index is 2.09. The highest BCUT2D eigenvalue weighted by molar-refractivity contribution is 7.17. The van der Waals surface area contributed by atoms with E-state index in [1.54, 1.807) is 34.5 Å². The third kappa shape index (κ3) is 1.42. The molecule has 4 nitrogen and oxygen atoms in total. The molecule has 3 heterocycles. The van der Waals surface area contributed by atoms with Crippen LogP contribution in [0.25, 0.3) is 10.1 Å². The summed E-state index contributed by atoms with van der Waals surface area (Å²) in [6, 6.07) is 3.80. The molecule has 0 fully saturated rings. The van der Waals surface area contributed by atoms with Gasteiger partial charge in [-0.05, 0) is 17.5 Å². The topological polar surface area (TPSA) is 38.8 Å². The van der Waals surface area contributed by atoms with Crippen molar-refractivity contribution in [1.29, 1.82) is 0 Å².